The number of anilines is 4. The molecule has 160 valence electrons. The number of hydrogen-bond donors (Lipinski definition) is 2. The minimum absolute atomic E-state index is 0.0550. The van der Waals surface area contributed by atoms with E-state index in [1.165, 1.54) is 12.4 Å². The molecule has 0 saturated carbocycles. The number of nitrogens with one attached hydrogen (secondary N) is 1. The van der Waals surface area contributed by atoms with Crippen LogP contribution in [0.25, 0.3) is 0 Å². The summed E-state index contributed by atoms with van der Waals surface area (Å²) in [4.78, 5) is 23.6. The third-order valence-electron chi connectivity index (χ3n) is 5.61. The quantitative estimate of drug-likeness (QED) is 0.645. The number of para-hydroxylation sites is 1. The number of carboxylic acids is 1. The largest absolute Gasteiger partial charge is 0.476 e. The summed E-state index contributed by atoms with van der Waals surface area (Å²) in [6, 6.07) is 10.1. The molecule has 2 aromatic heterocycles. The Balaban J connectivity index is 1.48. The van der Waals surface area contributed by atoms with E-state index >= 15 is 0 Å². The van der Waals surface area contributed by atoms with Gasteiger partial charge in [-0.05, 0) is 32.9 Å². The Hall–Kier alpha value is -3.75. The summed E-state index contributed by atoms with van der Waals surface area (Å²) in [6.07, 6.45) is 2.82. The van der Waals surface area contributed by atoms with Gasteiger partial charge in [0.1, 0.15) is 5.82 Å². The predicted molar refractivity (Wildman–Crippen MR) is 119 cm³/mol. The summed E-state index contributed by atoms with van der Waals surface area (Å²) in [5, 5.41) is 21.3. The molecule has 1 saturated heterocycles. The van der Waals surface area contributed by atoms with Crippen molar-refractivity contribution < 1.29 is 9.90 Å². The molecule has 0 bridgehead atoms. The standard InChI is InChI=1S/C22H25N7O2/c1-14-13-28(9-10-29(14)19-12-23-18(11-24-19)22(30)31)21-16(3)15(2)20(26-27-21)25-17-7-5-4-6-8-17/h4-8,11-12,14H,9-10,13H2,1-3H3,(H,25,26)(H,30,31)/t14-/m1/s1. The van der Waals surface area contributed by atoms with Crippen molar-refractivity contribution in [3.8, 4) is 0 Å². The van der Waals surface area contributed by atoms with Crippen LogP contribution in [0.15, 0.2) is 42.7 Å². The highest BCUT2D eigenvalue weighted by atomic mass is 16.4. The highest BCUT2D eigenvalue weighted by Crippen LogP contribution is 2.28. The number of carbonyl (C=O) groups is 1. The zero-order valence-corrected chi connectivity index (χ0v) is 17.8. The van der Waals surface area contributed by atoms with Gasteiger partial charge >= 0.3 is 5.97 Å². The van der Waals surface area contributed by atoms with Crippen molar-refractivity contribution in [3.63, 3.8) is 0 Å². The second-order valence-corrected chi connectivity index (χ2v) is 7.67. The van der Waals surface area contributed by atoms with Crippen LogP contribution >= 0.6 is 0 Å². The lowest BCUT2D eigenvalue weighted by Gasteiger charge is -2.41. The molecule has 1 fully saturated rings. The topological polar surface area (TPSA) is 107 Å². The van der Waals surface area contributed by atoms with Crippen LogP contribution in [0, 0.1) is 13.8 Å². The summed E-state index contributed by atoms with van der Waals surface area (Å²) in [5.41, 5.74) is 3.09. The monoisotopic (exact) mass is 419 g/mol. The van der Waals surface area contributed by atoms with Crippen LogP contribution in [0.3, 0.4) is 0 Å². The molecule has 3 aromatic rings. The first kappa shape index (κ1) is 20.5. The third kappa shape index (κ3) is 4.25. The van der Waals surface area contributed by atoms with Gasteiger partial charge in [0.25, 0.3) is 0 Å². The fourth-order valence-corrected chi connectivity index (χ4v) is 3.74. The average Bonchev–Trinajstić information content (AvgIpc) is 2.78. The molecular formula is C22H25N7O2. The minimum atomic E-state index is -1.08. The van der Waals surface area contributed by atoms with Crippen molar-refractivity contribution in [2.24, 2.45) is 0 Å². The first-order chi connectivity index (χ1) is 14.9. The Morgan fingerprint density at radius 1 is 1.06 bits per heavy atom. The van der Waals surface area contributed by atoms with Gasteiger partial charge in [0, 0.05) is 42.5 Å². The molecule has 0 amide bonds. The normalized spacial score (nSPS) is 16.3. The number of rotatable bonds is 5. The van der Waals surface area contributed by atoms with E-state index in [-0.39, 0.29) is 11.7 Å². The zero-order valence-electron chi connectivity index (χ0n) is 17.8. The van der Waals surface area contributed by atoms with E-state index in [1.807, 2.05) is 30.3 Å². The lowest BCUT2D eigenvalue weighted by Crippen LogP contribution is -2.53. The van der Waals surface area contributed by atoms with Crippen molar-refractivity contribution >= 4 is 29.1 Å². The lowest BCUT2D eigenvalue weighted by molar-refractivity contribution is 0.0690. The molecular weight excluding hydrogens is 394 g/mol. The number of carboxylic acid groups (broad SMARTS) is 1. The van der Waals surface area contributed by atoms with Crippen molar-refractivity contribution in [2.75, 3.05) is 34.8 Å². The molecule has 9 nitrogen and oxygen atoms in total. The van der Waals surface area contributed by atoms with Gasteiger partial charge in [0.2, 0.25) is 0 Å². The number of aromatic nitrogens is 4. The smallest absolute Gasteiger partial charge is 0.356 e. The van der Waals surface area contributed by atoms with E-state index in [0.29, 0.717) is 5.82 Å². The SMILES string of the molecule is Cc1c(Nc2ccccc2)nnc(N2CCN(c3cnc(C(=O)O)cn3)[C@H](C)C2)c1C. The van der Waals surface area contributed by atoms with Gasteiger partial charge in [-0.25, -0.2) is 14.8 Å². The van der Waals surface area contributed by atoms with Crippen LogP contribution in [0.2, 0.25) is 0 Å². The summed E-state index contributed by atoms with van der Waals surface area (Å²) in [6.45, 7) is 8.48. The Morgan fingerprint density at radius 2 is 1.84 bits per heavy atom. The zero-order chi connectivity index (χ0) is 22.0. The first-order valence-electron chi connectivity index (χ1n) is 10.2. The Bertz CT molecular complexity index is 1070. The van der Waals surface area contributed by atoms with Crippen LogP contribution in [-0.4, -0.2) is 56.9 Å². The molecule has 9 heteroatoms. The molecule has 3 heterocycles. The van der Waals surface area contributed by atoms with Gasteiger partial charge in [0.15, 0.2) is 17.3 Å². The fourth-order valence-electron chi connectivity index (χ4n) is 3.74. The van der Waals surface area contributed by atoms with Gasteiger partial charge in [-0.3, -0.25) is 0 Å². The van der Waals surface area contributed by atoms with Crippen molar-refractivity contribution in [1.29, 1.82) is 0 Å². The van der Waals surface area contributed by atoms with Crippen molar-refractivity contribution in [3.05, 3.63) is 59.5 Å². The van der Waals surface area contributed by atoms with Gasteiger partial charge in [-0.15, -0.1) is 10.2 Å². The average molecular weight is 419 g/mol. The summed E-state index contributed by atoms with van der Waals surface area (Å²) < 4.78 is 0. The van der Waals surface area contributed by atoms with Gasteiger partial charge in [-0.2, -0.15) is 0 Å². The lowest BCUT2D eigenvalue weighted by atomic mass is 10.1. The van der Waals surface area contributed by atoms with Crippen LogP contribution < -0.4 is 15.1 Å². The number of nitrogens with zero attached hydrogens (tertiary/aromatic N) is 6. The molecule has 1 aliphatic rings. The maximum Gasteiger partial charge on any atom is 0.356 e. The Morgan fingerprint density at radius 3 is 2.48 bits per heavy atom. The molecule has 31 heavy (non-hydrogen) atoms. The van der Waals surface area contributed by atoms with E-state index in [1.54, 1.807) is 0 Å². The summed E-state index contributed by atoms with van der Waals surface area (Å²) in [7, 11) is 0. The van der Waals surface area contributed by atoms with Crippen LogP contribution in [0.5, 0.6) is 0 Å². The van der Waals surface area contributed by atoms with Gasteiger partial charge in [0.05, 0.1) is 12.4 Å². The molecule has 2 N–H and O–H groups in total. The Kier molecular flexibility index (Phi) is 5.66. The van der Waals surface area contributed by atoms with Gasteiger partial charge in [-0.1, -0.05) is 18.2 Å². The molecule has 0 radical (unpaired) electrons. The number of aromatic carboxylic acids is 1. The molecule has 1 aliphatic heterocycles. The highest BCUT2D eigenvalue weighted by Gasteiger charge is 2.27. The van der Waals surface area contributed by atoms with Crippen LogP contribution in [-0.2, 0) is 0 Å². The fraction of sp³-hybridized carbons (Fsp3) is 0.318. The van der Waals surface area contributed by atoms with E-state index < -0.39 is 5.97 Å². The first-order valence-corrected chi connectivity index (χ1v) is 10.2. The third-order valence-corrected chi connectivity index (χ3v) is 5.61. The Labute approximate surface area is 180 Å². The van der Waals surface area contributed by atoms with Crippen LogP contribution in [0.4, 0.5) is 23.1 Å². The molecule has 1 aromatic carbocycles. The number of benzene rings is 1. The van der Waals surface area contributed by atoms with Crippen molar-refractivity contribution in [1.82, 2.24) is 20.2 Å². The molecule has 0 aliphatic carbocycles. The maximum absolute atomic E-state index is 11.0. The minimum Gasteiger partial charge on any atom is -0.476 e. The number of hydrogen-bond acceptors (Lipinski definition) is 8. The number of piperazine rings is 1. The summed E-state index contributed by atoms with van der Waals surface area (Å²) >= 11 is 0. The molecule has 1 atom stereocenters. The summed E-state index contributed by atoms with van der Waals surface area (Å²) in [5.74, 6) is 1.24. The molecule has 0 spiro atoms. The second kappa shape index (κ2) is 8.55. The highest BCUT2D eigenvalue weighted by molar-refractivity contribution is 5.84. The van der Waals surface area contributed by atoms with E-state index in [9.17, 15) is 4.79 Å². The molecule has 4 rings (SSSR count). The maximum atomic E-state index is 11.0. The van der Waals surface area contributed by atoms with E-state index in [2.05, 4.69) is 56.1 Å². The second-order valence-electron chi connectivity index (χ2n) is 7.67. The van der Waals surface area contributed by atoms with Crippen LogP contribution in [0.1, 0.15) is 28.5 Å². The van der Waals surface area contributed by atoms with Crippen molar-refractivity contribution in [2.45, 2.75) is 26.8 Å². The van der Waals surface area contributed by atoms with E-state index in [0.717, 1.165) is 48.1 Å². The van der Waals surface area contributed by atoms with E-state index in [4.69, 9.17) is 5.11 Å². The molecule has 0 unspecified atom stereocenters. The van der Waals surface area contributed by atoms with Gasteiger partial charge < -0.3 is 20.2 Å². The predicted octanol–water partition coefficient (Wildman–Crippen LogP) is 3.04.